The van der Waals surface area contributed by atoms with E-state index in [9.17, 15) is 9.59 Å². The van der Waals surface area contributed by atoms with Crippen molar-refractivity contribution in [2.45, 2.75) is 25.5 Å². The van der Waals surface area contributed by atoms with Crippen molar-refractivity contribution in [1.82, 2.24) is 10.6 Å². The Bertz CT molecular complexity index is 519. The van der Waals surface area contributed by atoms with E-state index in [0.29, 0.717) is 11.6 Å². The first-order valence-electron chi connectivity index (χ1n) is 6.74. The first-order valence-corrected chi connectivity index (χ1v) is 7.12. The van der Waals surface area contributed by atoms with E-state index in [4.69, 9.17) is 16.7 Å². The van der Waals surface area contributed by atoms with Gasteiger partial charge in [-0.2, -0.15) is 0 Å². The highest BCUT2D eigenvalue weighted by atomic mass is 35.5. The third-order valence-electron chi connectivity index (χ3n) is 3.16. The minimum atomic E-state index is -0.605. The maximum Gasteiger partial charge on any atom is 0.315 e. The molecule has 3 amide bonds. The number of nitrogens with zero attached hydrogens (tertiary/aromatic N) is 1. The molecule has 114 valence electrons. The summed E-state index contributed by atoms with van der Waals surface area (Å²) in [4.78, 5) is 25.2. The number of nitrogens with one attached hydrogen (secondary N) is 2. The Labute approximate surface area is 128 Å². The summed E-state index contributed by atoms with van der Waals surface area (Å²) in [6, 6.07) is 6.36. The molecule has 1 aliphatic heterocycles. The second-order valence-electron chi connectivity index (χ2n) is 5.09. The first kappa shape index (κ1) is 15.6. The van der Waals surface area contributed by atoms with Gasteiger partial charge in [0.25, 0.3) is 0 Å². The van der Waals surface area contributed by atoms with Gasteiger partial charge in [-0.25, -0.2) is 4.79 Å². The predicted molar refractivity (Wildman–Crippen MR) is 80.4 cm³/mol. The molecule has 3 N–H and O–H groups in total. The van der Waals surface area contributed by atoms with Gasteiger partial charge >= 0.3 is 6.03 Å². The number of aliphatic hydroxyl groups is 1. The molecular weight excluding hydrogens is 294 g/mol. The van der Waals surface area contributed by atoms with Crippen LogP contribution in [0.3, 0.4) is 0 Å². The molecule has 0 bridgehead atoms. The topological polar surface area (TPSA) is 81.7 Å². The zero-order valence-corrected chi connectivity index (χ0v) is 12.4. The van der Waals surface area contributed by atoms with Crippen molar-refractivity contribution in [3.8, 4) is 0 Å². The quantitative estimate of drug-likeness (QED) is 0.779. The fraction of sp³-hybridized carbons (Fsp3) is 0.429. The van der Waals surface area contributed by atoms with Gasteiger partial charge in [0.2, 0.25) is 5.91 Å². The van der Waals surface area contributed by atoms with Gasteiger partial charge < -0.3 is 20.6 Å². The lowest BCUT2D eigenvalue weighted by Crippen LogP contribution is -2.45. The van der Waals surface area contributed by atoms with Crippen LogP contribution in [0.25, 0.3) is 0 Å². The molecule has 21 heavy (non-hydrogen) atoms. The van der Waals surface area contributed by atoms with E-state index in [1.165, 1.54) is 0 Å². The number of carbonyl (C=O) groups excluding carboxylic acids is 2. The Balaban J connectivity index is 1.90. The molecule has 0 unspecified atom stereocenters. The third kappa shape index (κ3) is 4.34. The average molecular weight is 312 g/mol. The largest absolute Gasteiger partial charge is 0.392 e. The summed E-state index contributed by atoms with van der Waals surface area (Å²) in [6.07, 6.45) is -0.350. The predicted octanol–water partition coefficient (Wildman–Crippen LogP) is 1.13. The summed E-state index contributed by atoms with van der Waals surface area (Å²) in [7, 11) is 0. The molecule has 2 atom stereocenters. The zero-order chi connectivity index (χ0) is 15.4. The normalized spacial score (nSPS) is 19.5. The molecule has 2 rings (SSSR count). The molecule has 1 aromatic carbocycles. The Morgan fingerprint density at radius 3 is 2.76 bits per heavy atom. The molecule has 0 saturated carbocycles. The smallest absolute Gasteiger partial charge is 0.315 e. The Hall–Kier alpha value is -1.79. The molecular formula is C14H18ClN3O3. The zero-order valence-electron chi connectivity index (χ0n) is 11.7. The van der Waals surface area contributed by atoms with Crippen LogP contribution in [0.1, 0.15) is 13.3 Å². The molecule has 1 aliphatic rings. The van der Waals surface area contributed by atoms with Gasteiger partial charge in [0.1, 0.15) is 0 Å². The van der Waals surface area contributed by atoms with Gasteiger partial charge in [-0.15, -0.1) is 0 Å². The summed E-state index contributed by atoms with van der Waals surface area (Å²) in [5, 5.41) is 15.0. The molecule has 1 heterocycles. The van der Waals surface area contributed by atoms with Crippen LogP contribution in [0.4, 0.5) is 10.5 Å². The van der Waals surface area contributed by atoms with Crippen LogP contribution >= 0.6 is 11.6 Å². The average Bonchev–Trinajstić information content (AvgIpc) is 2.78. The summed E-state index contributed by atoms with van der Waals surface area (Å²) in [5.41, 5.74) is 0.762. The van der Waals surface area contributed by atoms with Gasteiger partial charge in [0.15, 0.2) is 0 Å². The number of halogens is 1. The van der Waals surface area contributed by atoms with Crippen molar-refractivity contribution < 1.29 is 14.7 Å². The molecule has 6 nitrogen and oxygen atoms in total. The van der Waals surface area contributed by atoms with Crippen LogP contribution in [0.15, 0.2) is 24.3 Å². The number of urea groups is 1. The van der Waals surface area contributed by atoms with Gasteiger partial charge in [0, 0.05) is 30.2 Å². The lowest BCUT2D eigenvalue weighted by molar-refractivity contribution is -0.117. The van der Waals surface area contributed by atoms with E-state index < -0.39 is 6.10 Å². The van der Waals surface area contributed by atoms with E-state index in [1.807, 2.05) is 0 Å². The van der Waals surface area contributed by atoms with Crippen LogP contribution in [0.5, 0.6) is 0 Å². The summed E-state index contributed by atoms with van der Waals surface area (Å²) in [5.74, 6) is -0.0434. The Kier molecular flexibility index (Phi) is 5.03. The highest BCUT2D eigenvalue weighted by Crippen LogP contribution is 2.23. The van der Waals surface area contributed by atoms with Crippen LogP contribution < -0.4 is 15.5 Å². The van der Waals surface area contributed by atoms with Gasteiger partial charge in [-0.1, -0.05) is 11.6 Å². The van der Waals surface area contributed by atoms with Crippen molar-refractivity contribution in [2.24, 2.45) is 0 Å². The number of aliphatic hydroxyl groups excluding tert-OH is 1. The number of rotatable bonds is 4. The van der Waals surface area contributed by atoms with E-state index in [-0.39, 0.29) is 30.9 Å². The molecule has 1 saturated heterocycles. The highest BCUT2D eigenvalue weighted by molar-refractivity contribution is 6.30. The number of hydrogen-bond acceptors (Lipinski definition) is 3. The van der Waals surface area contributed by atoms with E-state index in [1.54, 1.807) is 36.1 Å². The molecule has 1 aromatic rings. The minimum absolute atomic E-state index is 0.0434. The lowest BCUT2D eigenvalue weighted by atomic mass is 10.2. The summed E-state index contributed by atoms with van der Waals surface area (Å²) >= 11 is 5.82. The van der Waals surface area contributed by atoms with E-state index in [2.05, 4.69) is 10.6 Å². The standard InChI is InChI=1S/C14H18ClN3O3/c1-9(19)7-16-14(21)17-11-6-13(20)18(8-11)12-4-2-10(15)3-5-12/h2-5,9,11,19H,6-8H2,1H3,(H2,16,17,21)/t9-,11-/m1/s1. The van der Waals surface area contributed by atoms with Gasteiger partial charge in [0.05, 0.1) is 12.1 Å². The number of amides is 3. The number of hydrogen-bond donors (Lipinski definition) is 3. The third-order valence-corrected chi connectivity index (χ3v) is 3.41. The molecule has 1 fully saturated rings. The van der Waals surface area contributed by atoms with Crippen LogP contribution in [0.2, 0.25) is 5.02 Å². The second kappa shape index (κ2) is 6.78. The van der Waals surface area contributed by atoms with Crippen LogP contribution in [0, 0.1) is 0 Å². The molecule has 0 radical (unpaired) electrons. The van der Waals surface area contributed by atoms with Crippen molar-refractivity contribution >= 4 is 29.2 Å². The second-order valence-corrected chi connectivity index (χ2v) is 5.52. The van der Waals surface area contributed by atoms with Crippen molar-refractivity contribution in [2.75, 3.05) is 18.0 Å². The van der Waals surface area contributed by atoms with Crippen molar-refractivity contribution in [1.29, 1.82) is 0 Å². The lowest BCUT2D eigenvalue weighted by Gasteiger charge is -2.17. The highest BCUT2D eigenvalue weighted by Gasteiger charge is 2.31. The Morgan fingerprint density at radius 2 is 2.14 bits per heavy atom. The first-order chi connectivity index (χ1) is 9.95. The molecule has 0 aliphatic carbocycles. The van der Waals surface area contributed by atoms with Gasteiger partial charge in [-0.3, -0.25) is 4.79 Å². The van der Waals surface area contributed by atoms with Crippen LogP contribution in [-0.2, 0) is 4.79 Å². The maximum atomic E-state index is 12.0. The van der Waals surface area contributed by atoms with Crippen LogP contribution in [-0.4, -0.2) is 42.3 Å². The van der Waals surface area contributed by atoms with E-state index >= 15 is 0 Å². The molecule has 7 heteroatoms. The fourth-order valence-electron chi connectivity index (χ4n) is 2.15. The number of benzene rings is 1. The Morgan fingerprint density at radius 1 is 1.48 bits per heavy atom. The van der Waals surface area contributed by atoms with Crippen molar-refractivity contribution in [3.63, 3.8) is 0 Å². The monoisotopic (exact) mass is 311 g/mol. The summed E-state index contributed by atoms with van der Waals surface area (Å²) < 4.78 is 0. The van der Waals surface area contributed by atoms with Gasteiger partial charge in [-0.05, 0) is 31.2 Å². The fourth-order valence-corrected chi connectivity index (χ4v) is 2.28. The number of anilines is 1. The maximum absolute atomic E-state index is 12.0. The SMILES string of the molecule is C[C@@H](O)CNC(=O)N[C@@H]1CC(=O)N(c2ccc(Cl)cc2)C1. The minimum Gasteiger partial charge on any atom is -0.392 e. The molecule has 0 aromatic heterocycles. The summed E-state index contributed by atoms with van der Waals surface area (Å²) in [6.45, 7) is 2.18. The van der Waals surface area contributed by atoms with E-state index in [0.717, 1.165) is 5.69 Å². The molecule has 0 spiro atoms. The van der Waals surface area contributed by atoms with Crippen molar-refractivity contribution in [3.05, 3.63) is 29.3 Å². The number of carbonyl (C=O) groups is 2.